The number of hydrogen-bond acceptors (Lipinski definition) is 9. The predicted molar refractivity (Wildman–Crippen MR) is 96.0 cm³/mol. The van der Waals surface area contributed by atoms with Gasteiger partial charge in [0.1, 0.15) is 18.3 Å². The molecule has 0 aromatic rings. The van der Waals surface area contributed by atoms with E-state index in [1.165, 1.54) is 6.42 Å². The summed E-state index contributed by atoms with van der Waals surface area (Å²) in [4.78, 5) is 0. The second kappa shape index (κ2) is 7.01. The SMILES string of the molecule is CO[C@@H]1[C@@H]2OC3(CCCCC3)O[C@@H]2O[C@@H]1C1C(C#N)=C(N)SC(N)=C1C#N. The summed E-state index contributed by atoms with van der Waals surface area (Å²) in [5, 5.41) is 19.8. The van der Waals surface area contributed by atoms with Crippen LogP contribution in [0.25, 0.3) is 0 Å². The Morgan fingerprint density at radius 1 is 1.04 bits per heavy atom. The van der Waals surface area contributed by atoms with E-state index in [0.717, 1.165) is 37.4 Å². The summed E-state index contributed by atoms with van der Waals surface area (Å²) < 4.78 is 24.3. The molecule has 4 aliphatic rings. The number of ether oxygens (including phenoxy) is 4. The monoisotopic (exact) mass is 390 g/mol. The van der Waals surface area contributed by atoms with Crippen molar-refractivity contribution in [1.29, 1.82) is 10.5 Å². The normalized spacial score (nSPS) is 36.0. The Balaban J connectivity index is 1.64. The minimum atomic E-state index is -0.702. The molecule has 0 amide bonds. The molecule has 3 heterocycles. The highest BCUT2D eigenvalue weighted by Gasteiger charge is 2.60. The summed E-state index contributed by atoms with van der Waals surface area (Å²) in [5.74, 6) is -1.32. The van der Waals surface area contributed by atoms with Gasteiger partial charge in [-0.15, -0.1) is 0 Å². The van der Waals surface area contributed by atoms with E-state index < -0.39 is 36.3 Å². The smallest absolute Gasteiger partial charge is 0.190 e. The first kappa shape index (κ1) is 18.6. The minimum Gasteiger partial charge on any atom is -0.392 e. The molecule has 4 atom stereocenters. The van der Waals surface area contributed by atoms with Crippen molar-refractivity contribution < 1.29 is 18.9 Å². The highest BCUT2D eigenvalue weighted by Crippen LogP contribution is 2.49. The number of rotatable bonds is 2. The lowest BCUT2D eigenvalue weighted by molar-refractivity contribution is -0.249. The molecule has 9 heteroatoms. The average Bonchev–Trinajstić information content (AvgIpc) is 3.15. The van der Waals surface area contributed by atoms with Gasteiger partial charge in [0.05, 0.1) is 39.3 Å². The van der Waals surface area contributed by atoms with Crippen molar-refractivity contribution in [3.63, 3.8) is 0 Å². The quantitative estimate of drug-likeness (QED) is 0.719. The van der Waals surface area contributed by atoms with Crippen LogP contribution in [0.3, 0.4) is 0 Å². The Kier molecular flexibility index (Phi) is 4.83. The molecule has 27 heavy (non-hydrogen) atoms. The predicted octanol–water partition coefficient (Wildman–Crippen LogP) is 1.55. The molecular formula is C18H22N4O4S. The summed E-state index contributed by atoms with van der Waals surface area (Å²) in [5.41, 5.74) is 12.6. The lowest BCUT2D eigenvalue weighted by atomic mass is 9.84. The van der Waals surface area contributed by atoms with Gasteiger partial charge in [-0.2, -0.15) is 10.5 Å². The van der Waals surface area contributed by atoms with Crippen LogP contribution >= 0.6 is 11.8 Å². The molecule has 2 saturated heterocycles. The van der Waals surface area contributed by atoms with E-state index >= 15 is 0 Å². The molecular weight excluding hydrogens is 368 g/mol. The fraction of sp³-hybridized carbons (Fsp3) is 0.667. The van der Waals surface area contributed by atoms with Gasteiger partial charge in [-0.1, -0.05) is 18.2 Å². The number of nitriles is 2. The van der Waals surface area contributed by atoms with Gasteiger partial charge < -0.3 is 30.4 Å². The summed E-state index contributed by atoms with van der Waals surface area (Å²) in [7, 11) is 1.56. The number of thioether (sulfide) groups is 1. The molecule has 3 fully saturated rings. The summed E-state index contributed by atoms with van der Waals surface area (Å²) >= 11 is 1.03. The Morgan fingerprint density at radius 3 is 2.22 bits per heavy atom. The van der Waals surface area contributed by atoms with Crippen LogP contribution in [0.15, 0.2) is 21.2 Å². The fourth-order valence-electron chi connectivity index (χ4n) is 4.48. The van der Waals surface area contributed by atoms with Crippen molar-refractivity contribution in [3.8, 4) is 12.1 Å². The molecule has 1 saturated carbocycles. The van der Waals surface area contributed by atoms with Gasteiger partial charge in [0.25, 0.3) is 0 Å². The zero-order valence-electron chi connectivity index (χ0n) is 15.0. The first-order chi connectivity index (χ1) is 13.0. The van der Waals surface area contributed by atoms with Crippen molar-refractivity contribution in [2.75, 3.05) is 7.11 Å². The van der Waals surface area contributed by atoms with Gasteiger partial charge in [-0.3, -0.25) is 0 Å². The van der Waals surface area contributed by atoms with Crippen LogP contribution in [0.2, 0.25) is 0 Å². The van der Waals surface area contributed by atoms with E-state index in [1.807, 2.05) is 0 Å². The van der Waals surface area contributed by atoms with E-state index in [1.54, 1.807) is 7.11 Å². The summed E-state index contributed by atoms with van der Waals surface area (Å²) in [6.07, 6.45) is 2.77. The number of nitrogens with zero attached hydrogens (tertiary/aromatic N) is 2. The molecule has 4 N–H and O–H groups in total. The van der Waals surface area contributed by atoms with Gasteiger partial charge in [0.15, 0.2) is 12.1 Å². The third-order valence-corrected chi connectivity index (χ3v) is 6.60. The van der Waals surface area contributed by atoms with Crippen LogP contribution in [0, 0.1) is 28.6 Å². The summed E-state index contributed by atoms with van der Waals surface area (Å²) in [6.45, 7) is 0. The van der Waals surface area contributed by atoms with E-state index in [2.05, 4.69) is 12.1 Å². The Hall–Kier alpha value is -1.75. The Bertz CT molecular complexity index is 741. The van der Waals surface area contributed by atoms with Crippen molar-refractivity contribution in [2.24, 2.45) is 17.4 Å². The molecule has 8 nitrogen and oxygen atoms in total. The van der Waals surface area contributed by atoms with Gasteiger partial charge in [0.2, 0.25) is 0 Å². The molecule has 144 valence electrons. The molecule has 1 aliphatic carbocycles. The molecule has 1 spiro atoms. The highest BCUT2D eigenvalue weighted by atomic mass is 32.2. The topological polar surface area (TPSA) is 137 Å². The van der Waals surface area contributed by atoms with E-state index in [-0.39, 0.29) is 21.2 Å². The second-order valence-electron chi connectivity index (χ2n) is 7.20. The third-order valence-electron chi connectivity index (χ3n) is 5.72. The first-order valence-electron chi connectivity index (χ1n) is 9.05. The molecule has 4 rings (SSSR count). The average molecular weight is 390 g/mol. The van der Waals surface area contributed by atoms with Crippen LogP contribution in [0.1, 0.15) is 32.1 Å². The second-order valence-corrected chi connectivity index (χ2v) is 8.28. The lowest BCUT2D eigenvalue weighted by Crippen LogP contribution is -2.43. The number of fused-ring (bicyclic) bond motifs is 1. The standard InChI is InChI=1S/C18H22N4O4S/c1-23-13-12(11-9(7-19)15(21)27-16(22)10(11)8-20)24-17-14(13)25-18(26-17)5-3-2-4-6-18/h11-14,17H,2-6,21-22H2,1H3/t12-,13+,14+,17+/m1/s1. The van der Waals surface area contributed by atoms with Crippen LogP contribution in [0.5, 0.6) is 0 Å². The molecule has 0 radical (unpaired) electrons. The molecule has 0 unspecified atom stereocenters. The zero-order valence-corrected chi connectivity index (χ0v) is 15.8. The first-order valence-corrected chi connectivity index (χ1v) is 9.86. The minimum absolute atomic E-state index is 0.269. The highest BCUT2D eigenvalue weighted by molar-refractivity contribution is 8.06. The Morgan fingerprint density at radius 2 is 1.67 bits per heavy atom. The molecule has 0 bridgehead atoms. The van der Waals surface area contributed by atoms with Gasteiger partial charge in [-0.05, 0) is 12.8 Å². The van der Waals surface area contributed by atoms with Crippen molar-refractivity contribution >= 4 is 11.8 Å². The van der Waals surface area contributed by atoms with Gasteiger partial charge in [0, 0.05) is 20.0 Å². The third kappa shape index (κ3) is 2.91. The fourth-order valence-corrected chi connectivity index (χ4v) is 5.28. The number of nitrogens with two attached hydrogens (primary N) is 2. The lowest BCUT2D eigenvalue weighted by Gasteiger charge is -2.36. The summed E-state index contributed by atoms with van der Waals surface area (Å²) in [6, 6.07) is 4.22. The maximum absolute atomic E-state index is 9.62. The number of hydrogen-bond donors (Lipinski definition) is 2. The van der Waals surface area contributed by atoms with Crippen LogP contribution in [-0.2, 0) is 18.9 Å². The Labute approximate surface area is 162 Å². The molecule has 0 aromatic carbocycles. The van der Waals surface area contributed by atoms with Crippen molar-refractivity contribution in [3.05, 3.63) is 21.2 Å². The molecule has 0 aromatic heterocycles. The maximum Gasteiger partial charge on any atom is 0.190 e. The number of methoxy groups -OCH3 is 1. The zero-order chi connectivity index (χ0) is 19.2. The van der Waals surface area contributed by atoms with Gasteiger partial charge in [-0.25, -0.2) is 0 Å². The van der Waals surface area contributed by atoms with E-state index in [0.29, 0.717) is 0 Å². The van der Waals surface area contributed by atoms with Crippen molar-refractivity contribution in [2.45, 2.75) is 62.5 Å². The van der Waals surface area contributed by atoms with E-state index in [9.17, 15) is 10.5 Å². The van der Waals surface area contributed by atoms with Crippen LogP contribution < -0.4 is 11.5 Å². The largest absolute Gasteiger partial charge is 0.392 e. The van der Waals surface area contributed by atoms with Crippen LogP contribution in [-0.4, -0.2) is 37.5 Å². The maximum atomic E-state index is 9.62. The molecule has 3 aliphatic heterocycles. The van der Waals surface area contributed by atoms with Crippen LogP contribution in [0.4, 0.5) is 0 Å². The van der Waals surface area contributed by atoms with E-state index in [4.69, 9.17) is 30.4 Å². The van der Waals surface area contributed by atoms with Gasteiger partial charge >= 0.3 is 0 Å². The van der Waals surface area contributed by atoms with Crippen molar-refractivity contribution in [1.82, 2.24) is 0 Å².